The van der Waals surface area contributed by atoms with Gasteiger partial charge in [-0.2, -0.15) is 0 Å². The highest BCUT2D eigenvalue weighted by Crippen LogP contribution is 2.30. The van der Waals surface area contributed by atoms with Crippen molar-refractivity contribution in [2.75, 3.05) is 26.7 Å². The predicted octanol–water partition coefficient (Wildman–Crippen LogP) is 1.86. The lowest BCUT2D eigenvalue weighted by molar-refractivity contribution is 0.0260. The van der Waals surface area contributed by atoms with E-state index in [1.807, 2.05) is 0 Å². The first-order chi connectivity index (χ1) is 8.69. The van der Waals surface area contributed by atoms with Crippen molar-refractivity contribution in [1.29, 1.82) is 0 Å². The van der Waals surface area contributed by atoms with Gasteiger partial charge >= 0.3 is 0 Å². The van der Waals surface area contributed by atoms with E-state index in [2.05, 4.69) is 24.2 Å². The van der Waals surface area contributed by atoms with Crippen LogP contribution in [0.15, 0.2) is 0 Å². The van der Waals surface area contributed by atoms with Crippen LogP contribution in [0.4, 0.5) is 0 Å². The summed E-state index contributed by atoms with van der Waals surface area (Å²) in [7, 11) is 2.25. The van der Waals surface area contributed by atoms with Crippen molar-refractivity contribution in [2.24, 2.45) is 11.8 Å². The van der Waals surface area contributed by atoms with Crippen LogP contribution in [0.25, 0.3) is 0 Å². The maximum atomic E-state index is 9.33. The topological polar surface area (TPSA) is 35.5 Å². The summed E-state index contributed by atoms with van der Waals surface area (Å²) in [5.41, 5.74) is 0. The lowest BCUT2D eigenvalue weighted by Crippen LogP contribution is -2.42. The average Bonchev–Trinajstić information content (AvgIpc) is 2.71. The van der Waals surface area contributed by atoms with Gasteiger partial charge in [0.05, 0.1) is 6.10 Å². The van der Waals surface area contributed by atoms with Gasteiger partial charge in [-0.15, -0.1) is 0 Å². The van der Waals surface area contributed by atoms with Gasteiger partial charge in [-0.05, 0) is 57.5 Å². The number of hydrogen-bond acceptors (Lipinski definition) is 3. The molecule has 0 saturated heterocycles. The fraction of sp³-hybridized carbons (Fsp3) is 1.00. The first-order valence-corrected chi connectivity index (χ1v) is 7.79. The molecule has 0 spiro atoms. The quantitative estimate of drug-likeness (QED) is 0.728. The van der Waals surface area contributed by atoms with Crippen molar-refractivity contribution in [3.63, 3.8) is 0 Å². The minimum atomic E-state index is -0.00569. The molecular weight excluding hydrogens is 224 g/mol. The zero-order valence-corrected chi connectivity index (χ0v) is 12.1. The fourth-order valence-electron chi connectivity index (χ4n) is 3.62. The molecule has 0 heterocycles. The zero-order chi connectivity index (χ0) is 13.0. The van der Waals surface area contributed by atoms with Crippen molar-refractivity contribution in [3.05, 3.63) is 0 Å². The van der Waals surface area contributed by atoms with Crippen molar-refractivity contribution < 1.29 is 5.11 Å². The van der Waals surface area contributed by atoms with E-state index in [1.165, 1.54) is 45.3 Å². The van der Waals surface area contributed by atoms with E-state index < -0.39 is 0 Å². The second kappa shape index (κ2) is 6.88. The minimum absolute atomic E-state index is 0.00569. The molecule has 2 aliphatic rings. The summed E-state index contributed by atoms with van der Waals surface area (Å²) in [6, 6.07) is 0.749. The Kier molecular flexibility index (Phi) is 5.46. The van der Waals surface area contributed by atoms with Gasteiger partial charge < -0.3 is 15.3 Å². The second-order valence-corrected chi connectivity index (χ2v) is 6.46. The molecule has 0 bridgehead atoms. The van der Waals surface area contributed by atoms with Crippen LogP contribution < -0.4 is 5.32 Å². The molecule has 0 radical (unpaired) electrons. The minimum Gasteiger partial charge on any atom is -0.393 e. The van der Waals surface area contributed by atoms with Crippen molar-refractivity contribution in [2.45, 2.75) is 57.6 Å². The number of hydrogen-bond donors (Lipinski definition) is 2. The third-order valence-corrected chi connectivity index (χ3v) is 4.64. The van der Waals surface area contributed by atoms with Gasteiger partial charge in [0.1, 0.15) is 0 Å². The SMILES string of the molecule is CCCNC1CCCC1CN(C)CC1CC(O)C1. The Morgan fingerprint density at radius 1 is 1.22 bits per heavy atom. The highest BCUT2D eigenvalue weighted by Gasteiger charge is 2.31. The molecule has 0 aromatic heterocycles. The molecule has 0 amide bonds. The van der Waals surface area contributed by atoms with Crippen LogP contribution in [0.1, 0.15) is 45.4 Å². The first-order valence-electron chi connectivity index (χ1n) is 7.79. The van der Waals surface area contributed by atoms with Crippen LogP contribution in [-0.2, 0) is 0 Å². The van der Waals surface area contributed by atoms with Gasteiger partial charge in [0.25, 0.3) is 0 Å². The molecule has 2 rings (SSSR count). The fourth-order valence-corrected chi connectivity index (χ4v) is 3.62. The monoisotopic (exact) mass is 254 g/mol. The zero-order valence-electron chi connectivity index (χ0n) is 12.1. The lowest BCUT2D eigenvalue weighted by atomic mass is 9.82. The van der Waals surface area contributed by atoms with Gasteiger partial charge in [0.2, 0.25) is 0 Å². The first kappa shape index (κ1) is 14.3. The maximum Gasteiger partial charge on any atom is 0.0546 e. The molecule has 3 nitrogen and oxygen atoms in total. The van der Waals surface area contributed by atoms with E-state index in [0.29, 0.717) is 0 Å². The summed E-state index contributed by atoms with van der Waals surface area (Å²) >= 11 is 0. The average molecular weight is 254 g/mol. The summed E-state index contributed by atoms with van der Waals surface area (Å²) in [6.07, 6.45) is 7.41. The third kappa shape index (κ3) is 3.94. The van der Waals surface area contributed by atoms with E-state index in [9.17, 15) is 5.11 Å². The lowest BCUT2D eigenvalue weighted by Gasteiger charge is -2.36. The molecule has 0 aromatic rings. The number of nitrogens with one attached hydrogen (secondary N) is 1. The van der Waals surface area contributed by atoms with E-state index >= 15 is 0 Å². The molecule has 2 saturated carbocycles. The second-order valence-electron chi connectivity index (χ2n) is 6.46. The number of aliphatic hydroxyl groups is 1. The Bertz CT molecular complexity index is 241. The molecule has 2 atom stereocenters. The Morgan fingerprint density at radius 3 is 2.67 bits per heavy atom. The van der Waals surface area contributed by atoms with Gasteiger partial charge in [-0.25, -0.2) is 0 Å². The van der Waals surface area contributed by atoms with Crippen molar-refractivity contribution in [1.82, 2.24) is 10.2 Å². The van der Waals surface area contributed by atoms with Gasteiger partial charge in [0.15, 0.2) is 0 Å². The largest absolute Gasteiger partial charge is 0.393 e. The molecule has 0 aromatic carbocycles. The molecular formula is C15H30N2O. The standard InChI is InChI=1S/C15H30N2O/c1-3-7-16-15-6-4-5-13(15)11-17(2)10-12-8-14(18)9-12/h12-16,18H,3-11H2,1-2H3. The van der Waals surface area contributed by atoms with Gasteiger partial charge in [-0.1, -0.05) is 13.3 Å². The maximum absolute atomic E-state index is 9.33. The van der Waals surface area contributed by atoms with Crippen LogP contribution in [-0.4, -0.2) is 48.8 Å². The highest BCUT2D eigenvalue weighted by molar-refractivity contribution is 4.86. The smallest absolute Gasteiger partial charge is 0.0546 e. The van der Waals surface area contributed by atoms with E-state index in [-0.39, 0.29) is 6.10 Å². The van der Waals surface area contributed by atoms with E-state index in [0.717, 1.165) is 30.7 Å². The van der Waals surface area contributed by atoms with Gasteiger partial charge in [0, 0.05) is 19.1 Å². The molecule has 18 heavy (non-hydrogen) atoms. The van der Waals surface area contributed by atoms with Crippen LogP contribution in [0.2, 0.25) is 0 Å². The predicted molar refractivity (Wildman–Crippen MR) is 75.7 cm³/mol. The van der Waals surface area contributed by atoms with Crippen molar-refractivity contribution in [3.8, 4) is 0 Å². The summed E-state index contributed by atoms with van der Waals surface area (Å²) in [5.74, 6) is 1.58. The molecule has 2 unspecified atom stereocenters. The summed E-state index contributed by atoms with van der Waals surface area (Å²) in [5, 5.41) is 13.0. The van der Waals surface area contributed by atoms with Crippen LogP contribution >= 0.6 is 0 Å². The Hall–Kier alpha value is -0.120. The summed E-state index contributed by atoms with van der Waals surface area (Å²) in [4.78, 5) is 2.49. The van der Waals surface area contributed by atoms with Gasteiger partial charge in [-0.3, -0.25) is 0 Å². The van der Waals surface area contributed by atoms with E-state index in [1.54, 1.807) is 0 Å². The number of aliphatic hydroxyl groups excluding tert-OH is 1. The molecule has 2 fully saturated rings. The molecule has 2 N–H and O–H groups in total. The molecule has 106 valence electrons. The van der Waals surface area contributed by atoms with Crippen molar-refractivity contribution >= 4 is 0 Å². The number of rotatable bonds is 7. The molecule has 0 aliphatic heterocycles. The van der Waals surface area contributed by atoms with Crippen LogP contribution in [0, 0.1) is 11.8 Å². The Labute approximate surface area is 112 Å². The van der Waals surface area contributed by atoms with Crippen LogP contribution in [0.5, 0.6) is 0 Å². The Balaban J connectivity index is 1.67. The summed E-state index contributed by atoms with van der Waals surface area (Å²) in [6.45, 7) is 5.81. The summed E-state index contributed by atoms with van der Waals surface area (Å²) < 4.78 is 0. The third-order valence-electron chi connectivity index (χ3n) is 4.64. The normalized spacial score (nSPS) is 36.0. The Morgan fingerprint density at radius 2 is 2.00 bits per heavy atom. The number of nitrogens with zero attached hydrogens (tertiary/aromatic N) is 1. The molecule has 3 heteroatoms. The molecule has 2 aliphatic carbocycles. The van der Waals surface area contributed by atoms with E-state index in [4.69, 9.17) is 0 Å². The highest BCUT2D eigenvalue weighted by atomic mass is 16.3. The van der Waals surface area contributed by atoms with Crippen LogP contribution in [0.3, 0.4) is 0 Å².